The number of rotatable bonds is 4. The molecule has 0 bridgehead atoms. The van der Waals surface area contributed by atoms with Crippen LogP contribution in [0.3, 0.4) is 0 Å². The number of primary amides is 1. The molecule has 0 radical (unpaired) electrons. The molecular formula is C17H14Cl2N4O2. The van der Waals surface area contributed by atoms with E-state index in [0.29, 0.717) is 21.4 Å². The summed E-state index contributed by atoms with van der Waals surface area (Å²) in [5.41, 5.74) is 6.74. The highest BCUT2D eigenvalue weighted by atomic mass is 35.5. The lowest BCUT2D eigenvalue weighted by Gasteiger charge is -2.20. The Labute approximate surface area is 154 Å². The summed E-state index contributed by atoms with van der Waals surface area (Å²) >= 11 is 11.9. The van der Waals surface area contributed by atoms with Crippen molar-refractivity contribution in [1.82, 2.24) is 0 Å². The molecule has 1 atom stereocenters. The van der Waals surface area contributed by atoms with E-state index in [1.807, 2.05) is 18.2 Å². The predicted octanol–water partition coefficient (Wildman–Crippen LogP) is 3.05. The van der Waals surface area contributed by atoms with E-state index in [2.05, 4.69) is 10.4 Å². The first kappa shape index (κ1) is 17.3. The third kappa shape index (κ3) is 3.75. The largest absolute Gasteiger partial charge is 0.368 e. The Kier molecular flexibility index (Phi) is 4.92. The first-order chi connectivity index (χ1) is 12.0. The van der Waals surface area contributed by atoms with Gasteiger partial charge in [0.15, 0.2) is 0 Å². The van der Waals surface area contributed by atoms with Crippen LogP contribution in [0, 0.1) is 0 Å². The SMILES string of the molecule is NC(=O)C1CC(C(=O)Nc2ccc(Cl)cc2Cl)=NN1c1ccccc1. The van der Waals surface area contributed by atoms with Crippen LogP contribution in [0.1, 0.15) is 6.42 Å². The Balaban J connectivity index is 1.84. The molecule has 2 aromatic carbocycles. The van der Waals surface area contributed by atoms with E-state index in [-0.39, 0.29) is 12.1 Å². The van der Waals surface area contributed by atoms with Crippen LogP contribution in [0.4, 0.5) is 11.4 Å². The number of nitrogens with one attached hydrogen (secondary N) is 1. The summed E-state index contributed by atoms with van der Waals surface area (Å²) in [6.07, 6.45) is 0.112. The van der Waals surface area contributed by atoms with Crippen molar-refractivity contribution in [3.05, 3.63) is 58.6 Å². The van der Waals surface area contributed by atoms with Crippen molar-refractivity contribution >= 4 is 52.1 Å². The van der Waals surface area contributed by atoms with Gasteiger partial charge in [0.05, 0.1) is 16.4 Å². The molecule has 0 aromatic heterocycles. The van der Waals surface area contributed by atoms with Crippen molar-refractivity contribution in [2.45, 2.75) is 12.5 Å². The van der Waals surface area contributed by atoms with Crippen LogP contribution >= 0.6 is 23.2 Å². The van der Waals surface area contributed by atoms with Crippen molar-refractivity contribution in [2.24, 2.45) is 10.8 Å². The van der Waals surface area contributed by atoms with Gasteiger partial charge in [-0.3, -0.25) is 14.6 Å². The Hall–Kier alpha value is -2.57. The van der Waals surface area contributed by atoms with Crippen LogP contribution in [-0.4, -0.2) is 23.6 Å². The Morgan fingerprint density at radius 3 is 2.52 bits per heavy atom. The predicted molar refractivity (Wildman–Crippen MR) is 99.0 cm³/mol. The number of amides is 2. The Bertz CT molecular complexity index is 855. The summed E-state index contributed by atoms with van der Waals surface area (Å²) in [5, 5.41) is 9.18. The summed E-state index contributed by atoms with van der Waals surface area (Å²) in [7, 11) is 0. The van der Waals surface area contributed by atoms with E-state index in [4.69, 9.17) is 28.9 Å². The van der Waals surface area contributed by atoms with Gasteiger partial charge in [-0.1, -0.05) is 41.4 Å². The third-order valence-corrected chi connectivity index (χ3v) is 4.25. The molecule has 0 fully saturated rings. The lowest BCUT2D eigenvalue weighted by atomic mass is 10.1. The number of anilines is 2. The maximum atomic E-state index is 12.5. The molecule has 0 saturated heterocycles. The quantitative estimate of drug-likeness (QED) is 0.859. The van der Waals surface area contributed by atoms with E-state index < -0.39 is 17.9 Å². The third-order valence-electron chi connectivity index (χ3n) is 3.70. The number of carbonyl (C=O) groups is 2. The molecule has 1 heterocycles. The van der Waals surface area contributed by atoms with Gasteiger partial charge in [-0.25, -0.2) is 0 Å². The van der Waals surface area contributed by atoms with E-state index in [1.54, 1.807) is 24.3 Å². The van der Waals surface area contributed by atoms with Crippen LogP contribution in [0.5, 0.6) is 0 Å². The van der Waals surface area contributed by atoms with Crippen molar-refractivity contribution in [2.75, 3.05) is 10.3 Å². The van der Waals surface area contributed by atoms with Gasteiger partial charge in [-0.15, -0.1) is 0 Å². The average Bonchev–Trinajstić information content (AvgIpc) is 3.04. The molecule has 3 N–H and O–H groups in total. The molecule has 0 saturated carbocycles. The second-order valence-corrected chi connectivity index (χ2v) is 6.27. The highest BCUT2D eigenvalue weighted by Crippen LogP contribution is 2.27. The molecule has 0 spiro atoms. The van der Waals surface area contributed by atoms with E-state index in [9.17, 15) is 9.59 Å². The Morgan fingerprint density at radius 2 is 1.88 bits per heavy atom. The fourth-order valence-corrected chi connectivity index (χ4v) is 2.93. The minimum Gasteiger partial charge on any atom is -0.368 e. The highest BCUT2D eigenvalue weighted by Gasteiger charge is 2.35. The molecule has 2 aromatic rings. The molecular weight excluding hydrogens is 363 g/mol. The minimum atomic E-state index is -0.719. The van der Waals surface area contributed by atoms with Crippen LogP contribution in [-0.2, 0) is 9.59 Å². The summed E-state index contributed by atoms with van der Waals surface area (Å²) in [6, 6.07) is 13.1. The summed E-state index contributed by atoms with van der Waals surface area (Å²) in [4.78, 5) is 24.2. The van der Waals surface area contributed by atoms with Crippen molar-refractivity contribution < 1.29 is 9.59 Å². The zero-order valence-corrected chi connectivity index (χ0v) is 14.5. The molecule has 25 heavy (non-hydrogen) atoms. The lowest BCUT2D eigenvalue weighted by molar-refractivity contribution is -0.119. The smallest absolute Gasteiger partial charge is 0.272 e. The van der Waals surface area contributed by atoms with E-state index >= 15 is 0 Å². The summed E-state index contributed by atoms with van der Waals surface area (Å²) in [6.45, 7) is 0. The summed E-state index contributed by atoms with van der Waals surface area (Å²) in [5.74, 6) is -1.01. The van der Waals surface area contributed by atoms with Crippen LogP contribution < -0.4 is 16.1 Å². The molecule has 128 valence electrons. The highest BCUT2D eigenvalue weighted by molar-refractivity contribution is 6.45. The zero-order valence-electron chi connectivity index (χ0n) is 12.9. The maximum Gasteiger partial charge on any atom is 0.272 e. The number of carbonyl (C=O) groups excluding carboxylic acids is 2. The topological polar surface area (TPSA) is 87.8 Å². The zero-order chi connectivity index (χ0) is 18.0. The van der Waals surface area contributed by atoms with Gasteiger partial charge in [-0.2, -0.15) is 5.10 Å². The van der Waals surface area contributed by atoms with Crippen LogP contribution in [0.15, 0.2) is 53.6 Å². The second kappa shape index (κ2) is 7.13. The number of hydrazone groups is 1. The lowest BCUT2D eigenvalue weighted by Crippen LogP contribution is -2.39. The van der Waals surface area contributed by atoms with Gasteiger partial charge in [0.1, 0.15) is 11.8 Å². The number of hydrogen-bond donors (Lipinski definition) is 2. The van der Waals surface area contributed by atoms with Crippen molar-refractivity contribution in [3.8, 4) is 0 Å². The maximum absolute atomic E-state index is 12.5. The molecule has 3 rings (SSSR count). The molecule has 2 amide bonds. The number of nitrogens with two attached hydrogens (primary N) is 1. The second-order valence-electron chi connectivity index (χ2n) is 5.43. The first-order valence-corrected chi connectivity index (χ1v) is 8.19. The molecule has 1 unspecified atom stereocenters. The van der Waals surface area contributed by atoms with Gasteiger partial charge >= 0.3 is 0 Å². The molecule has 1 aliphatic rings. The van der Waals surface area contributed by atoms with Crippen LogP contribution in [0.2, 0.25) is 10.0 Å². The molecule has 0 aliphatic carbocycles. The van der Waals surface area contributed by atoms with Crippen LogP contribution in [0.25, 0.3) is 0 Å². The number of para-hydroxylation sites is 1. The number of benzene rings is 2. The summed E-state index contributed by atoms with van der Waals surface area (Å²) < 4.78 is 0. The van der Waals surface area contributed by atoms with Gasteiger partial charge in [0, 0.05) is 11.4 Å². The standard InChI is InChI=1S/C17H14Cl2N4O2/c18-10-6-7-13(12(19)8-10)21-17(25)14-9-15(16(20)24)23(22-14)11-4-2-1-3-5-11/h1-8,15H,9H2,(H2,20,24)(H,21,25). The van der Waals surface area contributed by atoms with Crippen molar-refractivity contribution in [1.29, 1.82) is 0 Å². The first-order valence-electron chi connectivity index (χ1n) is 7.43. The molecule has 6 nitrogen and oxygen atoms in total. The molecule has 1 aliphatic heterocycles. The van der Waals surface area contributed by atoms with E-state index in [0.717, 1.165) is 0 Å². The normalized spacial score (nSPS) is 16.5. The van der Waals surface area contributed by atoms with Crippen molar-refractivity contribution in [3.63, 3.8) is 0 Å². The number of hydrogen-bond acceptors (Lipinski definition) is 4. The molecule has 8 heteroatoms. The van der Waals surface area contributed by atoms with Gasteiger partial charge < -0.3 is 11.1 Å². The van der Waals surface area contributed by atoms with Gasteiger partial charge in [0.2, 0.25) is 5.91 Å². The van der Waals surface area contributed by atoms with Gasteiger partial charge in [0.25, 0.3) is 5.91 Å². The van der Waals surface area contributed by atoms with Gasteiger partial charge in [-0.05, 0) is 30.3 Å². The number of halogens is 2. The van der Waals surface area contributed by atoms with E-state index in [1.165, 1.54) is 11.1 Å². The monoisotopic (exact) mass is 376 g/mol. The minimum absolute atomic E-state index is 0.112. The fourth-order valence-electron chi connectivity index (χ4n) is 2.47. The number of nitrogens with zero attached hydrogens (tertiary/aromatic N) is 2. The Morgan fingerprint density at radius 1 is 1.16 bits per heavy atom. The average molecular weight is 377 g/mol. The fraction of sp³-hybridized carbons (Fsp3) is 0.118.